The maximum Gasteiger partial charge on any atom is 0.335 e. The monoisotopic (exact) mass is 818 g/mol. The second-order valence-corrected chi connectivity index (χ2v) is 13.2. The lowest BCUT2D eigenvalue weighted by Gasteiger charge is -2.07. The van der Waals surface area contributed by atoms with Crippen molar-refractivity contribution in [1.82, 2.24) is 0 Å². The van der Waals surface area contributed by atoms with E-state index in [0.717, 1.165) is 12.1 Å². The van der Waals surface area contributed by atoms with Crippen LogP contribution in [0, 0.1) is 47.4 Å². The van der Waals surface area contributed by atoms with Gasteiger partial charge in [0, 0.05) is 44.5 Å². The number of rotatable bonds is 7. The fourth-order valence-electron chi connectivity index (χ4n) is 5.81. The molecule has 62 heavy (non-hydrogen) atoms. The minimum Gasteiger partial charge on any atom is -0.478 e. The van der Waals surface area contributed by atoms with Gasteiger partial charge in [-0.2, -0.15) is 0 Å². The molecule has 0 amide bonds. The van der Waals surface area contributed by atoms with Gasteiger partial charge < -0.3 is 30.6 Å². The molecule has 12 heteroatoms. The van der Waals surface area contributed by atoms with E-state index in [0.29, 0.717) is 44.5 Å². The molecule has 0 aliphatic heterocycles. The van der Waals surface area contributed by atoms with Crippen molar-refractivity contribution in [2.24, 2.45) is 0 Å². The third-order valence-electron chi connectivity index (χ3n) is 8.68. The summed E-state index contributed by atoms with van der Waals surface area (Å²) in [5.74, 6) is 15.8. The molecule has 6 N–H and O–H groups in total. The maximum absolute atomic E-state index is 11.8. The Labute approximate surface area is 352 Å². The van der Waals surface area contributed by atoms with E-state index in [1.807, 2.05) is 0 Å². The smallest absolute Gasteiger partial charge is 0.335 e. The Hall–Kier alpha value is -9.62. The van der Waals surface area contributed by atoms with Gasteiger partial charge in [0.05, 0.1) is 33.4 Å². The minimum atomic E-state index is -1.35. The lowest BCUT2D eigenvalue weighted by Crippen LogP contribution is -2.03. The zero-order valence-corrected chi connectivity index (χ0v) is 31.7. The molecule has 0 aliphatic rings. The van der Waals surface area contributed by atoms with Crippen LogP contribution in [-0.2, 0) is 0 Å². The molecule has 0 aliphatic carbocycles. The van der Waals surface area contributed by atoms with Crippen molar-refractivity contribution in [1.29, 1.82) is 0 Å². The third kappa shape index (κ3) is 10.9. The molecule has 298 valence electrons. The molecule has 0 aromatic heterocycles. The highest BCUT2D eigenvalue weighted by atomic mass is 16.4. The molecule has 0 unspecified atom stereocenters. The topological polar surface area (TPSA) is 224 Å². The summed E-state index contributed by atoms with van der Waals surface area (Å²) in [5, 5.41) is 57.2. The van der Waals surface area contributed by atoms with Crippen LogP contribution < -0.4 is 0 Å². The molecule has 6 rings (SSSR count). The van der Waals surface area contributed by atoms with Gasteiger partial charge in [-0.15, -0.1) is 0 Å². The number of benzene rings is 6. The number of carbonyl (C=O) groups is 6. The van der Waals surface area contributed by atoms with Crippen molar-refractivity contribution in [3.8, 4) is 58.5 Å². The van der Waals surface area contributed by atoms with Gasteiger partial charge in [-0.1, -0.05) is 59.5 Å². The van der Waals surface area contributed by atoms with E-state index in [2.05, 4.69) is 47.4 Å². The van der Waals surface area contributed by atoms with Crippen LogP contribution in [0.25, 0.3) is 11.1 Å². The van der Waals surface area contributed by atoms with Crippen LogP contribution >= 0.6 is 0 Å². The summed E-state index contributed by atoms with van der Waals surface area (Å²) >= 11 is 0. The fraction of sp³-hybridized carbons (Fsp3) is 0. The first-order valence-electron chi connectivity index (χ1n) is 17.9. The van der Waals surface area contributed by atoms with Crippen molar-refractivity contribution < 1.29 is 59.4 Å². The molecule has 0 heterocycles. The standard InChI is InChI=1S/C50H26O12/c51-45(52)37-5-1-3-29(17-37)7-9-31-15-33(11-13-35-23-41(47(55)56)27-42(24-35)48(57)58)21-39(19-31)40-20-32(10-8-30-4-2-6-38(18-30)46(53)54)16-34(22-40)12-14-36-25-43(49(59)60)28-44(26-36)50(61)62/h1-6,15-28H,(H,51,52)(H,53,54)(H,55,56)(H,57,58)(H,59,60)(H,61,62). The van der Waals surface area contributed by atoms with Crippen LogP contribution in [0.15, 0.2) is 121 Å². The van der Waals surface area contributed by atoms with E-state index < -0.39 is 35.8 Å². The first-order chi connectivity index (χ1) is 29.6. The Bertz CT molecular complexity index is 2900. The molecule has 6 aromatic rings. The van der Waals surface area contributed by atoms with Crippen LogP contribution in [-0.4, -0.2) is 66.5 Å². The van der Waals surface area contributed by atoms with Crippen molar-refractivity contribution in [3.63, 3.8) is 0 Å². The van der Waals surface area contributed by atoms with Crippen LogP contribution in [0.5, 0.6) is 0 Å². The molecule has 0 fully saturated rings. The number of carboxylic acids is 6. The molecule has 0 atom stereocenters. The molecule has 0 saturated carbocycles. The summed E-state index contributed by atoms with van der Waals surface area (Å²) in [5.41, 5.74) is 2.43. The number of hydrogen-bond acceptors (Lipinski definition) is 6. The van der Waals surface area contributed by atoms with Gasteiger partial charge in [0.15, 0.2) is 0 Å². The van der Waals surface area contributed by atoms with Gasteiger partial charge in [0.25, 0.3) is 0 Å². The Morgan fingerprint density at radius 3 is 0.742 bits per heavy atom. The SMILES string of the molecule is O=C(O)c1cccc(C#Cc2cc(C#Cc3cc(C(=O)O)cc(C(=O)O)c3)cc(-c3cc(C#Cc4cccc(C(=O)O)c4)cc(C#Cc4cc(C(=O)O)cc(C(=O)O)c4)c3)c2)c1. The van der Waals surface area contributed by atoms with Gasteiger partial charge in [-0.05, 0) is 120 Å². The number of aromatic carboxylic acids is 6. The molecule has 0 saturated heterocycles. The van der Waals surface area contributed by atoms with Gasteiger partial charge >= 0.3 is 35.8 Å². The fourth-order valence-corrected chi connectivity index (χ4v) is 5.81. The first kappa shape index (κ1) is 42.0. The largest absolute Gasteiger partial charge is 0.478 e. The molecular formula is C50H26O12. The van der Waals surface area contributed by atoms with Crippen molar-refractivity contribution in [3.05, 3.63) is 199 Å². The van der Waals surface area contributed by atoms with Gasteiger partial charge in [0.1, 0.15) is 0 Å². The summed E-state index contributed by atoms with van der Waals surface area (Å²) < 4.78 is 0. The average Bonchev–Trinajstić information content (AvgIpc) is 3.26. The summed E-state index contributed by atoms with van der Waals surface area (Å²) in [6.45, 7) is 0. The normalized spacial score (nSPS) is 9.87. The highest BCUT2D eigenvalue weighted by molar-refractivity contribution is 5.95. The molecule has 0 spiro atoms. The van der Waals surface area contributed by atoms with E-state index >= 15 is 0 Å². The zero-order chi connectivity index (χ0) is 44.5. The van der Waals surface area contributed by atoms with E-state index in [1.54, 1.807) is 60.7 Å². The second-order valence-electron chi connectivity index (χ2n) is 13.2. The Balaban J connectivity index is 1.55. The Kier molecular flexibility index (Phi) is 12.4. The lowest BCUT2D eigenvalue weighted by molar-refractivity contribution is 0.0676. The maximum atomic E-state index is 11.8. The third-order valence-corrected chi connectivity index (χ3v) is 8.68. The van der Waals surface area contributed by atoms with Crippen LogP contribution in [0.2, 0.25) is 0 Å². The van der Waals surface area contributed by atoms with Crippen molar-refractivity contribution in [2.75, 3.05) is 0 Å². The average molecular weight is 819 g/mol. The molecule has 6 aromatic carbocycles. The summed E-state index contributed by atoms with van der Waals surface area (Å²) in [7, 11) is 0. The van der Waals surface area contributed by atoms with Crippen molar-refractivity contribution in [2.45, 2.75) is 0 Å². The highest BCUT2D eigenvalue weighted by Gasteiger charge is 2.13. The predicted molar refractivity (Wildman–Crippen MR) is 223 cm³/mol. The number of hydrogen-bond donors (Lipinski definition) is 6. The number of carboxylic acid groups (broad SMARTS) is 6. The lowest BCUT2D eigenvalue weighted by atomic mass is 9.96. The van der Waals surface area contributed by atoms with E-state index in [4.69, 9.17) is 0 Å². The van der Waals surface area contributed by atoms with Gasteiger partial charge in [0.2, 0.25) is 0 Å². The Morgan fingerprint density at radius 1 is 0.258 bits per heavy atom. The summed E-state index contributed by atoms with van der Waals surface area (Å²) in [4.78, 5) is 70.2. The molecular weight excluding hydrogens is 793 g/mol. The zero-order valence-electron chi connectivity index (χ0n) is 31.7. The van der Waals surface area contributed by atoms with E-state index in [-0.39, 0.29) is 44.5 Å². The van der Waals surface area contributed by atoms with Crippen LogP contribution in [0.3, 0.4) is 0 Å². The molecule has 12 nitrogen and oxygen atoms in total. The van der Waals surface area contributed by atoms with Crippen LogP contribution in [0.1, 0.15) is 107 Å². The van der Waals surface area contributed by atoms with E-state index in [9.17, 15) is 59.4 Å². The first-order valence-corrected chi connectivity index (χ1v) is 17.9. The van der Waals surface area contributed by atoms with Gasteiger partial charge in [-0.3, -0.25) is 0 Å². The highest BCUT2D eigenvalue weighted by Crippen LogP contribution is 2.26. The molecule has 0 bridgehead atoms. The second kappa shape index (κ2) is 18.3. The van der Waals surface area contributed by atoms with Gasteiger partial charge in [-0.25, -0.2) is 28.8 Å². The van der Waals surface area contributed by atoms with E-state index in [1.165, 1.54) is 48.5 Å². The van der Waals surface area contributed by atoms with Crippen molar-refractivity contribution >= 4 is 35.8 Å². The quantitative estimate of drug-likeness (QED) is 0.0885. The summed E-state index contributed by atoms with van der Waals surface area (Å²) in [6, 6.07) is 29.0. The predicted octanol–water partition coefficient (Wildman–Crippen LogP) is 7.14. The minimum absolute atomic E-state index is 0.0246. The summed E-state index contributed by atoms with van der Waals surface area (Å²) in [6.07, 6.45) is 0. The Morgan fingerprint density at radius 2 is 0.484 bits per heavy atom. The van der Waals surface area contributed by atoms with Crippen LogP contribution in [0.4, 0.5) is 0 Å². The molecule has 0 radical (unpaired) electrons.